The van der Waals surface area contributed by atoms with E-state index in [1.165, 1.54) is 18.7 Å². The predicted octanol–water partition coefficient (Wildman–Crippen LogP) is 10.5. The number of ketones is 3. The van der Waals surface area contributed by atoms with Crippen molar-refractivity contribution < 1.29 is 76.5 Å². The van der Waals surface area contributed by atoms with E-state index in [1.807, 2.05) is 91.0 Å². The van der Waals surface area contributed by atoms with Gasteiger partial charge in [-0.15, -0.1) is 11.8 Å². The molecule has 0 aliphatic carbocycles. The van der Waals surface area contributed by atoms with E-state index in [9.17, 15) is 57.5 Å². The third kappa shape index (κ3) is 31.7. The Labute approximate surface area is 622 Å². The van der Waals surface area contributed by atoms with Crippen molar-refractivity contribution in [3.63, 3.8) is 0 Å². The van der Waals surface area contributed by atoms with Gasteiger partial charge in [0.05, 0.1) is 23.3 Å². The van der Waals surface area contributed by atoms with Gasteiger partial charge in [-0.25, -0.2) is 14.4 Å². The number of alkyl carbamates (subject to hydrolysis) is 1. The van der Waals surface area contributed by atoms with E-state index < -0.39 is 160 Å². The van der Waals surface area contributed by atoms with Crippen LogP contribution >= 0.6 is 11.8 Å². The van der Waals surface area contributed by atoms with Gasteiger partial charge < -0.3 is 56.2 Å². The van der Waals surface area contributed by atoms with Gasteiger partial charge in [-0.3, -0.25) is 43.2 Å². The summed E-state index contributed by atoms with van der Waals surface area (Å²) in [6.45, 7) is 22.1. The molecule has 568 valence electrons. The Kier molecular flexibility index (Phi) is 33.2. The average molecular weight is 1470 g/mol. The monoisotopic (exact) mass is 1470 g/mol. The molecule has 5 aromatic rings. The van der Waals surface area contributed by atoms with E-state index >= 15 is 0 Å². The topological polar surface area (TPSA) is 326 Å². The molecule has 0 saturated carbocycles. The summed E-state index contributed by atoms with van der Waals surface area (Å²) in [6.07, 6.45) is -3.12. The number of carbonyl (C=O) groups excluding carboxylic acids is 12. The molecule has 0 aromatic heterocycles. The van der Waals surface area contributed by atoms with Gasteiger partial charge in [-0.05, 0) is 150 Å². The minimum atomic E-state index is -1.69. The zero-order valence-corrected chi connectivity index (χ0v) is 63.9. The van der Waals surface area contributed by atoms with Gasteiger partial charge >= 0.3 is 30.0 Å². The number of benzene rings is 5. The van der Waals surface area contributed by atoms with Crippen molar-refractivity contribution in [2.24, 2.45) is 11.8 Å². The number of rotatable bonds is 38. The van der Waals surface area contributed by atoms with Crippen molar-refractivity contribution in [3.05, 3.63) is 179 Å². The molecule has 0 bridgehead atoms. The lowest BCUT2D eigenvalue weighted by Crippen LogP contribution is -2.57. The van der Waals surface area contributed by atoms with Crippen molar-refractivity contribution in [1.29, 1.82) is 0 Å². The fourth-order valence-electron chi connectivity index (χ4n) is 11.2. The molecule has 7 amide bonds. The fraction of sp³-hybridized carbons (Fsp3) is 0.481. The Hall–Kier alpha value is -9.71. The first-order chi connectivity index (χ1) is 49.3. The van der Waals surface area contributed by atoms with Gasteiger partial charge in [-0.2, -0.15) is 0 Å². The molecule has 0 spiro atoms. The predicted molar refractivity (Wildman–Crippen MR) is 402 cm³/mol. The maximum absolute atomic E-state index is 14.9. The van der Waals surface area contributed by atoms with Gasteiger partial charge in [-0.1, -0.05) is 152 Å². The second-order valence-corrected chi connectivity index (χ2v) is 31.3. The summed E-state index contributed by atoms with van der Waals surface area (Å²) in [4.78, 5) is 167. The van der Waals surface area contributed by atoms with Crippen LogP contribution in [0.25, 0.3) is 0 Å². The number of hydrogen-bond acceptors (Lipinski definition) is 17. The Morgan fingerprint density at radius 2 is 0.876 bits per heavy atom. The number of urea groups is 1. The van der Waals surface area contributed by atoms with Crippen LogP contribution in [-0.2, 0) is 84.5 Å². The quantitative estimate of drug-likeness (QED) is 0.0110. The van der Waals surface area contributed by atoms with Gasteiger partial charge in [0.15, 0.2) is 11.6 Å². The largest absolute Gasteiger partial charge is 0.460 e. The molecule has 0 heterocycles. The van der Waals surface area contributed by atoms with Gasteiger partial charge in [0, 0.05) is 68.8 Å². The first-order valence-corrected chi connectivity index (χ1v) is 36.6. The molecule has 5 rings (SSSR count). The SMILES string of the molecule is CC(=O)[C@H](CSC(c1ccccc1)(c1ccccc1)c1ccccc1)CC(=O)[C@H](CC(=O)OC(C)(C)C)NC(=O)[C@H](CNC(=O)[C@@H](CC(=O)[C@H](Cc1ccccc1)NC(=O)CCNC(=O)CC[C@H](NC(=O)N[C@H](C)CCC(=O)OC(C)(C)C)C(=O)OC(C)(C)C)Cc1ccccc1)NC(=O)OC(C)(C)C. The number of esters is 3. The van der Waals surface area contributed by atoms with E-state index in [4.69, 9.17) is 18.9 Å². The molecule has 0 radical (unpaired) electrons. The van der Waals surface area contributed by atoms with Gasteiger partial charge in [0.1, 0.15) is 40.3 Å². The lowest BCUT2D eigenvalue weighted by atomic mass is 9.84. The summed E-state index contributed by atoms with van der Waals surface area (Å²) < 4.78 is 21.3. The van der Waals surface area contributed by atoms with Crippen molar-refractivity contribution >= 4 is 82.8 Å². The highest BCUT2D eigenvalue weighted by molar-refractivity contribution is 8.00. The van der Waals surface area contributed by atoms with E-state index in [-0.39, 0.29) is 63.0 Å². The van der Waals surface area contributed by atoms with Crippen LogP contribution in [0.2, 0.25) is 0 Å². The summed E-state index contributed by atoms with van der Waals surface area (Å²) >= 11 is 1.47. The second kappa shape index (κ2) is 40.5. The molecule has 7 atom stereocenters. The number of Topliss-reactive ketones (excluding diaryl/α,β-unsaturated/α-hetero) is 3. The summed E-state index contributed by atoms with van der Waals surface area (Å²) in [5.41, 5.74) is 0.368. The number of thioether (sulfide) groups is 1. The Balaban J connectivity index is 1.35. The number of nitrogens with one attached hydrogen (secondary N) is 7. The standard InChI is InChI=1S/C81H107N7O16S/c1-53(40-43-70(94)101-77(3,4)5)84-75(99)87-62(74(98)103-79(9,10)11)41-42-68(92)82-45-44-69(93)85-63(47-56-32-22-16-23-33-56)66(90)48-57(46-55-30-20-15-21-31-55)72(96)83-51-65(88-76(100)104-80(12,13)14)73(97)86-64(50-71(95)102-78(6,7)8)67(91)49-58(54(2)89)52-105-81(59-34-24-17-25-35-59,60-36-26-18-27-37-60)61-38-28-19-29-39-61/h15-39,53,57-58,62-65H,40-52H2,1-14H3,(H,82,92)(H,83,96)(H,85,93)(H,86,97)(H,88,100)(H2,84,87,99)/t53-,57-,58+,62+,63+,64+,65+/m1/s1. The van der Waals surface area contributed by atoms with Crippen LogP contribution in [0.4, 0.5) is 9.59 Å². The normalized spacial score (nSPS) is 13.8. The Morgan fingerprint density at radius 3 is 1.37 bits per heavy atom. The minimum absolute atomic E-state index is 0.000322. The zero-order chi connectivity index (χ0) is 77.7. The van der Waals surface area contributed by atoms with Crippen LogP contribution in [0.5, 0.6) is 0 Å². The van der Waals surface area contributed by atoms with Crippen molar-refractivity contribution in [3.8, 4) is 0 Å². The molecule has 5 aromatic carbocycles. The smallest absolute Gasteiger partial charge is 0.408 e. The highest BCUT2D eigenvalue weighted by Crippen LogP contribution is 2.49. The molecular formula is C81H107N7O16S. The summed E-state index contributed by atoms with van der Waals surface area (Å²) in [5, 5.41) is 18.6. The highest BCUT2D eigenvalue weighted by atomic mass is 32.2. The van der Waals surface area contributed by atoms with Crippen LogP contribution in [0.3, 0.4) is 0 Å². The lowest BCUT2D eigenvalue weighted by Gasteiger charge is -2.36. The first kappa shape index (κ1) is 85.9. The number of amides is 7. The maximum Gasteiger partial charge on any atom is 0.408 e. The maximum atomic E-state index is 14.9. The van der Waals surface area contributed by atoms with E-state index in [2.05, 4.69) is 37.2 Å². The molecule has 0 saturated heterocycles. The number of hydrogen-bond donors (Lipinski definition) is 7. The first-order valence-electron chi connectivity index (χ1n) is 35.6. The summed E-state index contributed by atoms with van der Waals surface area (Å²) in [7, 11) is 0. The highest BCUT2D eigenvalue weighted by Gasteiger charge is 2.40. The third-order valence-corrected chi connectivity index (χ3v) is 17.8. The third-order valence-electron chi connectivity index (χ3n) is 16.1. The number of carbonyl (C=O) groups is 12. The van der Waals surface area contributed by atoms with Crippen molar-refractivity contribution in [1.82, 2.24) is 37.2 Å². The Bertz CT molecular complexity index is 3610. The van der Waals surface area contributed by atoms with Gasteiger partial charge in [0.25, 0.3) is 0 Å². The molecule has 7 N–H and O–H groups in total. The molecule has 0 fully saturated rings. The van der Waals surface area contributed by atoms with E-state index in [0.29, 0.717) is 11.1 Å². The Morgan fingerprint density at radius 1 is 0.410 bits per heavy atom. The fourth-order valence-corrected chi connectivity index (χ4v) is 12.9. The zero-order valence-electron chi connectivity index (χ0n) is 63.1. The average Bonchev–Trinajstić information content (AvgIpc) is 0.757. The van der Waals surface area contributed by atoms with Crippen molar-refractivity contribution in [2.75, 3.05) is 18.8 Å². The van der Waals surface area contributed by atoms with Crippen LogP contribution in [-0.4, -0.2) is 142 Å². The van der Waals surface area contributed by atoms with Crippen LogP contribution in [0, 0.1) is 11.8 Å². The van der Waals surface area contributed by atoms with E-state index in [1.54, 1.807) is 151 Å². The molecular weight excluding hydrogens is 1360 g/mol. The molecule has 23 nitrogen and oxygen atoms in total. The minimum Gasteiger partial charge on any atom is -0.460 e. The molecule has 0 unspecified atom stereocenters. The van der Waals surface area contributed by atoms with Crippen LogP contribution < -0.4 is 37.2 Å². The molecule has 105 heavy (non-hydrogen) atoms. The number of ether oxygens (including phenoxy) is 4. The van der Waals surface area contributed by atoms with E-state index in [0.717, 1.165) is 16.7 Å². The second-order valence-electron chi connectivity index (χ2n) is 30.1. The lowest BCUT2D eigenvalue weighted by molar-refractivity contribution is -0.158. The summed E-state index contributed by atoms with van der Waals surface area (Å²) in [6, 6.07) is 40.0. The molecule has 0 aliphatic rings. The molecule has 24 heteroatoms. The van der Waals surface area contributed by atoms with Crippen LogP contribution in [0.15, 0.2) is 152 Å². The van der Waals surface area contributed by atoms with Crippen molar-refractivity contribution in [2.45, 2.75) is 219 Å². The summed E-state index contributed by atoms with van der Waals surface area (Å²) in [5.74, 6) is -8.59. The van der Waals surface area contributed by atoms with Gasteiger partial charge in [0.2, 0.25) is 23.6 Å². The van der Waals surface area contributed by atoms with Crippen LogP contribution in [0.1, 0.15) is 176 Å². The molecule has 0 aliphatic heterocycles.